The molecule has 10 nitrogen and oxygen atoms in total. The molecular formula is C15H23NO9S. The Kier molecular flexibility index (Phi) is 5.26. The summed E-state index contributed by atoms with van der Waals surface area (Å²) in [5.41, 5.74) is 0. The SMILES string of the molecule is CC(C)OC(=O)OC(C)OC(=O)[C@@H]1N2C(=O)[C@@H](CO)[C@H]2S(=O)(=O)C1(C)C. The van der Waals surface area contributed by atoms with E-state index in [2.05, 4.69) is 0 Å². The highest BCUT2D eigenvalue weighted by molar-refractivity contribution is 7.93. The third-order valence-electron chi connectivity index (χ3n) is 4.47. The van der Waals surface area contributed by atoms with Gasteiger partial charge in [0.2, 0.25) is 12.2 Å². The zero-order valence-electron chi connectivity index (χ0n) is 15.2. The Balaban J connectivity index is 2.16. The number of carbonyl (C=O) groups is 3. The average Bonchev–Trinajstić information content (AvgIpc) is 2.60. The third kappa shape index (κ3) is 3.02. The Bertz CT molecular complexity index is 715. The van der Waals surface area contributed by atoms with E-state index in [0.29, 0.717) is 0 Å². The van der Waals surface area contributed by atoms with Crippen molar-refractivity contribution in [2.45, 2.75) is 63.2 Å². The van der Waals surface area contributed by atoms with Crippen molar-refractivity contribution < 1.29 is 42.1 Å². The van der Waals surface area contributed by atoms with E-state index in [0.717, 1.165) is 4.90 Å². The first-order chi connectivity index (χ1) is 11.9. The largest absolute Gasteiger partial charge is 0.511 e. The van der Waals surface area contributed by atoms with Gasteiger partial charge in [-0.05, 0) is 27.7 Å². The summed E-state index contributed by atoms with van der Waals surface area (Å²) < 4.78 is 38.2. The lowest BCUT2D eigenvalue weighted by Crippen LogP contribution is -2.64. The van der Waals surface area contributed by atoms with E-state index >= 15 is 0 Å². The van der Waals surface area contributed by atoms with Crippen molar-refractivity contribution in [1.29, 1.82) is 0 Å². The van der Waals surface area contributed by atoms with E-state index in [9.17, 15) is 27.9 Å². The smallest absolute Gasteiger partial charge is 0.431 e. The molecule has 0 aromatic rings. The number of ether oxygens (including phenoxy) is 3. The molecule has 2 saturated heterocycles. The molecule has 1 unspecified atom stereocenters. The molecule has 0 aliphatic carbocycles. The molecule has 4 atom stereocenters. The number of rotatable bonds is 5. The molecule has 26 heavy (non-hydrogen) atoms. The second-order valence-electron chi connectivity index (χ2n) is 7.02. The van der Waals surface area contributed by atoms with E-state index in [1.807, 2.05) is 0 Å². The van der Waals surface area contributed by atoms with Gasteiger partial charge < -0.3 is 24.2 Å². The zero-order chi connectivity index (χ0) is 20.0. The summed E-state index contributed by atoms with van der Waals surface area (Å²) in [5.74, 6) is -2.75. The van der Waals surface area contributed by atoms with Gasteiger partial charge in [0.1, 0.15) is 11.4 Å². The minimum absolute atomic E-state index is 0.431. The summed E-state index contributed by atoms with van der Waals surface area (Å²) in [7, 11) is -3.92. The highest BCUT2D eigenvalue weighted by Gasteiger charge is 2.72. The number of amides is 1. The van der Waals surface area contributed by atoms with Crippen LogP contribution in [0.1, 0.15) is 34.6 Å². The van der Waals surface area contributed by atoms with E-state index in [1.165, 1.54) is 20.8 Å². The van der Waals surface area contributed by atoms with Crippen LogP contribution in [0.15, 0.2) is 0 Å². The number of hydrogen-bond acceptors (Lipinski definition) is 9. The van der Waals surface area contributed by atoms with Crippen LogP contribution in [0, 0.1) is 5.92 Å². The fraction of sp³-hybridized carbons (Fsp3) is 0.800. The standard InChI is InChI=1S/C15H23NO9S/c1-7(2)23-14(20)25-8(3)24-13(19)10-15(4,5)26(21,22)12-9(6-17)11(18)16(10)12/h7-10,12,17H,6H2,1-5H3/t8?,9-,10+,12-/m1/s1. The number of aliphatic hydroxyl groups excluding tert-OH is 1. The number of aliphatic hydroxyl groups is 1. The Labute approximate surface area is 151 Å². The molecular weight excluding hydrogens is 370 g/mol. The highest BCUT2D eigenvalue weighted by Crippen LogP contribution is 2.48. The number of fused-ring (bicyclic) bond motifs is 1. The maximum absolute atomic E-state index is 12.7. The van der Waals surface area contributed by atoms with Crippen LogP contribution in [-0.4, -0.2) is 71.6 Å². The topological polar surface area (TPSA) is 137 Å². The predicted molar refractivity (Wildman–Crippen MR) is 86.3 cm³/mol. The first kappa shape index (κ1) is 20.4. The Morgan fingerprint density at radius 2 is 1.77 bits per heavy atom. The number of hydrogen-bond donors (Lipinski definition) is 1. The second kappa shape index (κ2) is 6.69. The fourth-order valence-electron chi connectivity index (χ4n) is 3.17. The molecule has 11 heteroatoms. The monoisotopic (exact) mass is 393 g/mol. The predicted octanol–water partition coefficient (Wildman–Crippen LogP) is -0.210. The van der Waals surface area contributed by atoms with Crippen LogP contribution in [0.4, 0.5) is 4.79 Å². The van der Waals surface area contributed by atoms with Crippen molar-refractivity contribution in [1.82, 2.24) is 4.90 Å². The summed E-state index contributed by atoms with van der Waals surface area (Å²) in [6, 6.07) is -1.40. The molecule has 0 aromatic carbocycles. The maximum Gasteiger partial charge on any atom is 0.511 e. The highest BCUT2D eigenvalue weighted by atomic mass is 32.2. The first-order valence-electron chi connectivity index (χ1n) is 8.10. The van der Waals surface area contributed by atoms with Gasteiger partial charge in [-0.15, -0.1) is 0 Å². The van der Waals surface area contributed by atoms with Crippen molar-refractivity contribution in [3.63, 3.8) is 0 Å². The van der Waals surface area contributed by atoms with Crippen LogP contribution >= 0.6 is 0 Å². The van der Waals surface area contributed by atoms with Crippen LogP contribution in [0.3, 0.4) is 0 Å². The van der Waals surface area contributed by atoms with Crippen LogP contribution in [0.25, 0.3) is 0 Å². The first-order valence-corrected chi connectivity index (χ1v) is 9.65. The zero-order valence-corrected chi connectivity index (χ0v) is 16.0. The molecule has 2 aliphatic rings. The molecule has 0 spiro atoms. The van der Waals surface area contributed by atoms with Crippen LogP contribution in [0.2, 0.25) is 0 Å². The van der Waals surface area contributed by atoms with Gasteiger partial charge in [0.05, 0.1) is 23.4 Å². The van der Waals surface area contributed by atoms with Crippen LogP contribution < -0.4 is 0 Å². The molecule has 0 bridgehead atoms. The number of β-lactam (4-membered cyclic amide) rings is 1. The molecule has 2 fully saturated rings. The Hall–Kier alpha value is -1.88. The molecule has 2 aliphatic heterocycles. The van der Waals surface area contributed by atoms with E-state index < -0.39 is 69.0 Å². The third-order valence-corrected chi connectivity index (χ3v) is 7.36. The summed E-state index contributed by atoms with van der Waals surface area (Å²) in [5, 5.41) is 7.98. The summed E-state index contributed by atoms with van der Waals surface area (Å²) in [6.45, 7) is 6.48. The lowest BCUT2D eigenvalue weighted by Gasteiger charge is -2.42. The van der Waals surface area contributed by atoms with E-state index in [1.54, 1.807) is 13.8 Å². The van der Waals surface area contributed by atoms with Gasteiger partial charge >= 0.3 is 12.1 Å². The van der Waals surface area contributed by atoms with Gasteiger partial charge in [0, 0.05) is 6.92 Å². The quantitative estimate of drug-likeness (QED) is 0.382. The van der Waals surface area contributed by atoms with Crippen molar-refractivity contribution in [2.24, 2.45) is 5.92 Å². The molecule has 1 amide bonds. The van der Waals surface area contributed by atoms with Crippen molar-refractivity contribution in [2.75, 3.05) is 6.61 Å². The Morgan fingerprint density at radius 1 is 1.19 bits per heavy atom. The average molecular weight is 393 g/mol. The minimum atomic E-state index is -3.92. The molecule has 148 valence electrons. The van der Waals surface area contributed by atoms with E-state index in [-0.39, 0.29) is 0 Å². The molecule has 0 aromatic heterocycles. The van der Waals surface area contributed by atoms with Crippen LogP contribution in [0.5, 0.6) is 0 Å². The molecule has 2 heterocycles. The van der Waals surface area contributed by atoms with E-state index in [4.69, 9.17) is 14.2 Å². The van der Waals surface area contributed by atoms with Gasteiger partial charge in [-0.25, -0.2) is 18.0 Å². The molecule has 1 N–H and O–H groups in total. The van der Waals surface area contributed by atoms with Gasteiger partial charge in [-0.2, -0.15) is 0 Å². The summed E-state index contributed by atoms with van der Waals surface area (Å²) in [4.78, 5) is 37.0. The van der Waals surface area contributed by atoms with Gasteiger partial charge in [0.25, 0.3) is 0 Å². The number of carbonyl (C=O) groups excluding carboxylic acids is 3. The molecule has 0 saturated carbocycles. The van der Waals surface area contributed by atoms with Crippen molar-refractivity contribution in [3.8, 4) is 0 Å². The van der Waals surface area contributed by atoms with Gasteiger partial charge in [-0.3, -0.25) is 4.79 Å². The fourth-order valence-corrected chi connectivity index (χ4v) is 5.47. The number of esters is 1. The Morgan fingerprint density at radius 3 is 2.27 bits per heavy atom. The van der Waals surface area contributed by atoms with Crippen LogP contribution in [-0.2, 0) is 33.6 Å². The second-order valence-corrected chi connectivity index (χ2v) is 9.64. The lowest BCUT2D eigenvalue weighted by molar-refractivity contribution is -0.183. The maximum atomic E-state index is 12.7. The summed E-state index contributed by atoms with van der Waals surface area (Å²) >= 11 is 0. The normalized spacial score (nSPS) is 29.6. The molecule has 2 rings (SSSR count). The van der Waals surface area contributed by atoms with Gasteiger partial charge in [-0.1, -0.05) is 0 Å². The molecule has 0 radical (unpaired) electrons. The van der Waals surface area contributed by atoms with Gasteiger partial charge in [0.15, 0.2) is 9.84 Å². The van der Waals surface area contributed by atoms with Crippen molar-refractivity contribution >= 4 is 27.9 Å². The summed E-state index contributed by atoms with van der Waals surface area (Å²) in [6.07, 6.45) is -2.81. The number of nitrogens with zero attached hydrogens (tertiary/aromatic N) is 1. The lowest BCUT2D eigenvalue weighted by atomic mass is 9.92. The number of sulfone groups is 1. The minimum Gasteiger partial charge on any atom is -0.431 e. The van der Waals surface area contributed by atoms with Crippen molar-refractivity contribution in [3.05, 3.63) is 0 Å².